The van der Waals surface area contributed by atoms with Crippen LogP contribution >= 0.6 is 0 Å². The van der Waals surface area contributed by atoms with Gasteiger partial charge in [0.15, 0.2) is 0 Å². The molecule has 0 unspecified atom stereocenters. The first-order valence-corrected chi connectivity index (χ1v) is 5.90. The normalized spacial score (nSPS) is 11.7. The molecule has 0 amide bonds. The maximum Gasteiger partial charge on any atom is 0.270 e. The molecule has 0 atom stereocenters. The molecule has 0 radical (unpaired) electrons. The Morgan fingerprint density at radius 3 is 2.47 bits per heavy atom. The number of rotatable bonds is 2. The molecule has 0 aliphatic carbocycles. The summed E-state index contributed by atoms with van der Waals surface area (Å²) in [7, 11) is 0. The van der Waals surface area contributed by atoms with Crippen LogP contribution in [0.1, 0.15) is 32.0 Å². The van der Waals surface area contributed by atoms with Gasteiger partial charge in [-0.1, -0.05) is 27.4 Å². The van der Waals surface area contributed by atoms with Crippen LogP contribution in [0.2, 0.25) is 0 Å². The maximum atomic E-state index is 10.9. The molecule has 0 spiro atoms. The van der Waals surface area contributed by atoms with Gasteiger partial charge in [0.05, 0.1) is 10.4 Å². The van der Waals surface area contributed by atoms with Crippen LogP contribution in [0.25, 0.3) is 16.7 Å². The SMILES string of the molecule is C=C(O)c1cc([N+](=O)[O-])cc2cc(C(C)(C)C)[nH]c12. The number of aliphatic hydroxyl groups is 1. The van der Waals surface area contributed by atoms with Gasteiger partial charge in [-0.2, -0.15) is 0 Å². The van der Waals surface area contributed by atoms with E-state index in [1.165, 1.54) is 12.1 Å². The Labute approximate surface area is 110 Å². The Hall–Kier alpha value is -2.30. The maximum absolute atomic E-state index is 10.9. The Morgan fingerprint density at radius 1 is 1.37 bits per heavy atom. The Morgan fingerprint density at radius 2 is 2.00 bits per heavy atom. The highest BCUT2D eigenvalue weighted by Gasteiger charge is 2.20. The average Bonchev–Trinajstić information content (AvgIpc) is 2.70. The molecule has 2 rings (SSSR count). The summed E-state index contributed by atoms with van der Waals surface area (Å²) in [5, 5.41) is 21.2. The van der Waals surface area contributed by atoms with Crippen molar-refractivity contribution < 1.29 is 10.0 Å². The van der Waals surface area contributed by atoms with Crippen LogP contribution in [0.15, 0.2) is 24.8 Å². The lowest BCUT2D eigenvalue weighted by atomic mass is 9.92. The number of benzene rings is 1. The quantitative estimate of drug-likeness (QED) is 0.488. The van der Waals surface area contributed by atoms with Gasteiger partial charge in [0.1, 0.15) is 5.76 Å². The largest absolute Gasteiger partial charge is 0.508 e. The van der Waals surface area contributed by atoms with Gasteiger partial charge in [-0.15, -0.1) is 0 Å². The predicted octanol–water partition coefficient (Wildman–Crippen LogP) is 3.90. The summed E-state index contributed by atoms with van der Waals surface area (Å²) in [5.74, 6) is -0.184. The Kier molecular flexibility index (Phi) is 2.85. The number of aromatic amines is 1. The summed E-state index contributed by atoms with van der Waals surface area (Å²) in [6.45, 7) is 9.58. The summed E-state index contributed by atoms with van der Waals surface area (Å²) >= 11 is 0. The molecule has 0 saturated carbocycles. The van der Waals surface area contributed by atoms with Crippen molar-refractivity contribution >= 4 is 22.3 Å². The molecule has 0 saturated heterocycles. The van der Waals surface area contributed by atoms with Crippen LogP contribution in [0.3, 0.4) is 0 Å². The van der Waals surface area contributed by atoms with Crippen molar-refractivity contribution in [2.75, 3.05) is 0 Å². The van der Waals surface area contributed by atoms with Crippen molar-refractivity contribution in [3.05, 3.63) is 46.1 Å². The zero-order valence-electron chi connectivity index (χ0n) is 11.2. The van der Waals surface area contributed by atoms with E-state index < -0.39 is 4.92 Å². The van der Waals surface area contributed by atoms with Gasteiger partial charge in [-0.25, -0.2) is 0 Å². The molecular weight excluding hydrogens is 244 g/mol. The first-order chi connectivity index (χ1) is 8.70. The number of fused-ring (bicyclic) bond motifs is 1. The lowest BCUT2D eigenvalue weighted by Crippen LogP contribution is -2.11. The second-order valence-electron chi connectivity index (χ2n) is 5.59. The molecule has 1 aromatic heterocycles. The highest BCUT2D eigenvalue weighted by atomic mass is 16.6. The fourth-order valence-corrected chi connectivity index (χ4v) is 1.97. The van der Waals surface area contributed by atoms with Gasteiger partial charge in [0.2, 0.25) is 0 Å². The number of H-pyrrole nitrogens is 1. The lowest BCUT2D eigenvalue weighted by Gasteiger charge is -2.15. The molecule has 0 fully saturated rings. The molecule has 0 bridgehead atoms. The predicted molar refractivity (Wildman–Crippen MR) is 75.3 cm³/mol. The standard InChI is InChI=1S/C14H16N2O3/c1-8(17)11-7-10(16(18)19)5-9-6-12(14(2,3)4)15-13(9)11/h5-7,15,17H,1H2,2-4H3. The van der Waals surface area contributed by atoms with E-state index in [9.17, 15) is 15.2 Å². The van der Waals surface area contributed by atoms with Crippen molar-refractivity contribution in [3.8, 4) is 0 Å². The van der Waals surface area contributed by atoms with Gasteiger partial charge in [-0.05, 0) is 6.07 Å². The molecular formula is C14H16N2O3. The summed E-state index contributed by atoms with van der Waals surface area (Å²) in [4.78, 5) is 13.6. The molecule has 19 heavy (non-hydrogen) atoms. The Bertz CT molecular complexity index is 678. The van der Waals surface area contributed by atoms with Crippen molar-refractivity contribution in [3.63, 3.8) is 0 Å². The molecule has 100 valence electrons. The number of aromatic nitrogens is 1. The summed E-state index contributed by atoms with van der Waals surface area (Å²) in [5.41, 5.74) is 1.81. The molecule has 2 N–H and O–H groups in total. The molecule has 1 heterocycles. The third-order valence-electron chi connectivity index (χ3n) is 3.04. The molecule has 1 aromatic carbocycles. The van der Waals surface area contributed by atoms with Gasteiger partial charge >= 0.3 is 0 Å². The minimum absolute atomic E-state index is 0.0582. The highest BCUT2D eigenvalue weighted by molar-refractivity contribution is 5.92. The fraction of sp³-hybridized carbons (Fsp3) is 0.286. The van der Waals surface area contributed by atoms with E-state index in [1.54, 1.807) is 0 Å². The van der Waals surface area contributed by atoms with E-state index >= 15 is 0 Å². The van der Waals surface area contributed by atoms with E-state index in [-0.39, 0.29) is 16.9 Å². The van der Waals surface area contributed by atoms with Crippen molar-refractivity contribution in [2.24, 2.45) is 0 Å². The van der Waals surface area contributed by atoms with E-state index in [1.807, 2.05) is 26.8 Å². The van der Waals surface area contributed by atoms with Crippen LogP contribution in [0.5, 0.6) is 0 Å². The number of hydrogen-bond donors (Lipinski definition) is 2. The summed E-state index contributed by atoms with van der Waals surface area (Å²) in [6, 6.07) is 4.69. The van der Waals surface area contributed by atoms with Crippen molar-refractivity contribution in [2.45, 2.75) is 26.2 Å². The highest BCUT2D eigenvalue weighted by Crippen LogP contribution is 2.32. The minimum atomic E-state index is -0.477. The second kappa shape index (κ2) is 4.12. The van der Waals surface area contributed by atoms with Crippen molar-refractivity contribution in [1.29, 1.82) is 0 Å². The van der Waals surface area contributed by atoms with Crippen molar-refractivity contribution in [1.82, 2.24) is 4.98 Å². The topological polar surface area (TPSA) is 79.2 Å². The first kappa shape index (κ1) is 13.1. The second-order valence-corrected chi connectivity index (χ2v) is 5.59. The molecule has 0 aliphatic heterocycles. The van der Waals surface area contributed by atoms with Crippen LogP contribution in [-0.2, 0) is 5.41 Å². The van der Waals surface area contributed by atoms with Crippen LogP contribution < -0.4 is 0 Å². The summed E-state index contributed by atoms with van der Waals surface area (Å²) in [6.07, 6.45) is 0. The number of nitrogens with zero attached hydrogens (tertiary/aromatic N) is 1. The smallest absolute Gasteiger partial charge is 0.270 e. The van der Waals surface area contributed by atoms with Crippen LogP contribution in [0, 0.1) is 10.1 Å². The fourth-order valence-electron chi connectivity index (χ4n) is 1.97. The third-order valence-corrected chi connectivity index (χ3v) is 3.04. The van der Waals surface area contributed by atoms with Crippen LogP contribution in [0.4, 0.5) is 5.69 Å². The lowest BCUT2D eigenvalue weighted by molar-refractivity contribution is -0.384. The number of hydrogen-bond acceptors (Lipinski definition) is 3. The first-order valence-electron chi connectivity index (χ1n) is 5.90. The number of aliphatic hydroxyl groups excluding tert-OH is 1. The minimum Gasteiger partial charge on any atom is -0.508 e. The summed E-state index contributed by atoms with van der Waals surface area (Å²) < 4.78 is 0. The molecule has 0 aliphatic rings. The number of nitro groups is 1. The van der Waals surface area contributed by atoms with E-state index in [4.69, 9.17) is 0 Å². The molecule has 5 nitrogen and oxygen atoms in total. The van der Waals surface area contributed by atoms with E-state index in [0.717, 1.165) is 5.69 Å². The number of nitro benzene ring substituents is 1. The number of non-ortho nitro benzene ring substituents is 1. The number of nitrogens with one attached hydrogen (secondary N) is 1. The van der Waals surface area contributed by atoms with Gasteiger partial charge in [0.25, 0.3) is 5.69 Å². The average molecular weight is 260 g/mol. The van der Waals surface area contributed by atoms with Gasteiger partial charge in [-0.3, -0.25) is 10.1 Å². The molecule has 5 heteroatoms. The van der Waals surface area contributed by atoms with E-state index in [0.29, 0.717) is 16.5 Å². The Balaban J connectivity index is 2.79. The third kappa shape index (κ3) is 2.31. The van der Waals surface area contributed by atoms with Gasteiger partial charge in [0, 0.05) is 34.2 Å². The van der Waals surface area contributed by atoms with Gasteiger partial charge < -0.3 is 10.1 Å². The molecule has 2 aromatic rings. The van der Waals surface area contributed by atoms with Crippen LogP contribution in [-0.4, -0.2) is 15.0 Å². The zero-order valence-corrected chi connectivity index (χ0v) is 11.2. The zero-order chi connectivity index (χ0) is 14.4. The monoisotopic (exact) mass is 260 g/mol. The van der Waals surface area contributed by atoms with E-state index in [2.05, 4.69) is 11.6 Å².